The van der Waals surface area contributed by atoms with Gasteiger partial charge in [-0.2, -0.15) is 5.10 Å². The topological polar surface area (TPSA) is 46.9 Å². The predicted octanol–water partition coefficient (Wildman–Crippen LogP) is 4.18. The molecule has 0 bridgehead atoms. The molecule has 1 heterocycles. The number of aryl methyl sites for hydroxylation is 1. The standard InChI is InChI=1S/C21H21ClFN3O/c1-14-19(15(2)26(25-14)18-9-7-17(22)8-10-18)13-21(27)24-12-11-16-5-3-4-6-20(16)23/h3-10H,11-13H2,1-2H3,(H,24,27). The monoisotopic (exact) mass is 385 g/mol. The normalized spacial score (nSPS) is 10.8. The van der Waals surface area contributed by atoms with Gasteiger partial charge in [0, 0.05) is 22.8 Å². The SMILES string of the molecule is Cc1nn(-c2ccc(Cl)cc2)c(C)c1CC(=O)NCCc1ccccc1F. The van der Waals surface area contributed by atoms with Crippen molar-refractivity contribution < 1.29 is 9.18 Å². The fraction of sp³-hybridized carbons (Fsp3) is 0.238. The lowest BCUT2D eigenvalue weighted by Gasteiger charge is -2.07. The second kappa shape index (κ2) is 8.35. The maximum absolute atomic E-state index is 13.6. The van der Waals surface area contributed by atoms with Crippen molar-refractivity contribution in [1.29, 1.82) is 0 Å². The van der Waals surface area contributed by atoms with Crippen molar-refractivity contribution in [1.82, 2.24) is 15.1 Å². The minimum absolute atomic E-state index is 0.104. The number of carbonyl (C=O) groups excluding carboxylic acids is 1. The van der Waals surface area contributed by atoms with Crippen molar-refractivity contribution >= 4 is 17.5 Å². The molecular weight excluding hydrogens is 365 g/mol. The van der Waals surface area contributed by atoms with E-state index in [1.54, 1.807) is 18.2 Å². The Kier molecular flexibility index (Phi) is 5.91. The van der Waals surface area contributed by atoms with Crippen molar-refractivity contribution in [3.8, 4) is 5.69 Å². The zero-order valence-corrected chi connectivity index (χ0v) is 16.1. The minimum Gasteiger partial charge on any atom is -0.355 e. The van der Waals surface area contributed by atoms with Crippen LogP contribution in [0.4, 0.5) is 4.39 Å². The van der Waals surface area contributed by atoms with Gasteiger partial charge in [-0.15, -0.1) is 0 Å². The summed E-state index contributed by atoms with van der Waals surface area (Å²) in [5, 5.41) is 8.07. The average molecular weight is 386 g/mol. The van der Waals surface area contributed by atoms with Gasteiger partial charge in [0.1, 0.15) is 5.82 Å². The van der Waals surface area contributed by atoms with Gasteiger partial charge in [0.05, 0.1) is 17.8 Å². The molecule has 0 radical (unpaired) electrons. The summed E-state index contributed by atoms with van der Waals surface area (Å²) in [4.78, 5) is 12.3. The van der Waals surface area contributed by atoms with E-state index >= 15 is 0 Å². The number of halogens is 2. The van der Waals surface area contributed by atoms with Crippen LogP contribution in [-0.4, -0.2) is 22.2 Å². The number of rotatable bonds is 6. The zero-order valence-electron chi connectivity index (χ0n) is 15.3. The molecule has 2 aromatic carbocycles. The number of nitrogens with one attached hydrogen (secondary N) is 1. The van der Waals surface area contributed by atoms with E-state index in [0.29, 0.717) is 23.6 Å². The van der Waals surface area contributed by atoms with Crippen LogP contribution in [0.1, 0.15) is 22.5 Å². The maximum atomic E-state index is 13.6. The number of nitrogens with zero attached hydrogens (tertiary/aromatic N) is 2. The Bertz CT molecular complexity index is 951. The highest BCUT2D eigenvalue weighted by molar-refractivity contribution is 6.30. The summed E-state index contributed by atoms with van der Waals surface area (Å²) >= 11 is 5.94. The Morgan fingerprint density at radius 2 is 1.85 bits per heavy atom. The lowest BCUT2D eigenvalue weighted by atomic mass is 10.1. The Labute approximate surface area is 163 Å². The van der Waals surface area contributed by atoms with Crippen LogP contribution in [-0.2, 0) is 17.6 Å². The number of amides is 1. The molecule has 1 aromatic heterocycles. The van der Waals surface area contributed by atoms with E-state index in [9.17, 15) is 9.18 Å². The van der Waals surface area contributed by atoms with Gasteiger partial charge in [0.2, 0.25) is 5.91 Å². The first-order chi connectivity index (χ1) is 13.0. The highest BCUT2D eigenvalue weighted by Gasteiger charge is 2.16. The molecule has 3 rings (SSSR count). The molecule has 0 unspecified atom stereocenters. The van der Waals surface area contributed by atoms with Crippen LogP contribution >= 0.6 is 11.6 Å². The Morgan fingerprint density at radius 3 is 2.56 bits per heavy atom. The highest BCUT2D eigenvalue weighted by atomic mass is 35.5. The summed E-state index contributed by atoms with van der Waals surface area (Å²) < 4.78 is 15.4. The summed E-state index contributed by atoms with van der Waals surface area (Å²) in [6, 6.07) is 14.0. The molecule has 0 aliphatic rings. The van der Waals surface area contributed by atoms with E-state index in [1.807, 2.05) is 42.8 Å². The third-order valence-corrected chi connectivity index (χ3v) is 4.78. The predicted molar refractivity (Wildman–Crippen MR) is 105 cm³/mol. The lowest BCUT2D eigenvalue weighted by Crippen LogP contribution is -2.27. The maximum Gasteiger partial charge on any atom is 0.224 e. The molecule has 0 atom stereocenters. The van der Waals surface area contributed by atoms with Gasteiger partial charge in [-0.3, -0.25) is 4.79 Å². The van der Waals surface area contributed by atoms with E-state index in [2.05, 4.69) is 10.4 Å². The Morgan fingerprint density at radius 1 is 1.15 bits per heavy atom. The van der Waals surface area contributed by atoms with E-state index in [0.717, 1.165) is 22.6 Å². The molecule has 27 heavy (non-hydrogen) atoms. The van der Waals surface area contributed by atoms with Gasteiger partial charge >= 0.3 is 0 Å². The second-order valence-electron chi connectivity index (χ2n) is 6.41. The van der Waals surface area contributed by atoms with Gasteiger partial charge < -0.3 is 5.32 Å². The van der Waals surface area contributed by atoms with Crippen LogP contribution in [0.25, 0.3) is 5.69 Å². The summed E-state index contributed by atoms with van der Waals surface area (Å²) in [5.74, 6) is -0.351. The zero-order chi connectivity index (χ0) is 19.4. The number of carbonyl (C=O) groups is 1. The van der Waals surface area contributed by atoms with Gasteiger partial charge in [-0.05, 0) is 56.2 Å². The molecule has 4 nitrogen and oxygen atoms in total. The summed E-state index contributed by atoms with van der Waals surface area (Å²) in [6.07, 6.45) is 0.697. The van der Waals surface area contributed by atoms with Crippen molar-refractivity contribution in [3.05, 3.63) is 81.9 Å². The Balaban J connectivity index is 1.64. The fourth-order valence-corrected chi connectivity index (χ4v) is 3.15. The van der Waals surface area contributed by atoms with Crippen LogP contribution in [0, 0.1) is 19.7 Å². The highest BCUT2D eigenvalue weighted by Crippen LogP contribution is 2.20. The number of aromatic nitrogens is 2. The molecule has 3 aromatic rings. The van der Waals surface area contributed by atoms with Crippen LogP contribution in [0.15, 0.2) is 48.5 Å². The second-order valence-corrected chi connectivity index (χ2v) is 6.84. The number of hydrogen-bond donors (Lipinski definition) is 1. The van der Waals surface area contributed by atoms with E-state index in [4.69, 9.17) is 11.6 Å². The van der Waals surface area contributed by atoms with Crippen molar-refractivity contribution in [2.45, 2.75) is 26.7 Å². The van der Waals surface area contributed by atoms with Gasteiger partial charge in [-0.1, -0.05) is 29.8 Å². The molecule has 0 fully saturated rings. The minimum atomic E-state index is -0.248. The Hall–Kier alpha value is -2.66. The third-order valence-electron chi connectivity index (χ3n) is 4.52. The molecule has 0 aliphatic heterocycles. The quantitative estimate of drug-likeness (QED) is 0.691. The first-order valence-electron chi connectivity index (χ1n) is 8.77. The molecule has 140 valence electrons. The molecule has 1 N–H and O–H groups in total. The van der Waals surface area contributed by atoms with Crippen molar-refractivity contribution in [2.24, 2.45) is 0 Å². The number of hydrogen-bond acceptors (Lipinski definition) is 2. The average Bonchev–Trinajstić information content (AvgIpc) is 2.92. The molecule has 0 saturated carbocycles. The van der Waals surface area contributed by atoms with Gasteiger partial charge in [0.15, 0.2) is 0 Å². The van der Waals surface area contributed by atoms with Crippen LogP contribution < -0.4 is 5.32 Å². The molecule has 0 saturated heterocycles. The molecule has 0 spiro atoms. The van der Waals surface area contributed by atoms with E-state index in [-0.39, 0.29) is 18.1 Å². The van der Waals surface area contributed by atoms with Crippen molar-refractivity contribution in [2.75, 3.05) is 6.54 Å². The summed E-state index contributed by atoms with van der Waals surface area (Å²) in [7, 11) is 0. The first-order valence-corrected chi connectivity index (χ1v) is 9.14. The van der Waals surface area contributed by atoms with Crippen LogP contribution in [0.2, 0.25) is 5.02 Å². The lowest BCUT2D eigenvalue weighted by molar-refractivity contribution is -0.120. The van der Waals surface area contributed by atoms with E-state index < -0.39 is 0 Å². The third kappa shape index (κ3) is 4.55. The molecular formula is C21H21ClFN3O. The summed E-state index contributed by atoms with van der Waals surface area (Å²) in [5.41, 5.74) is 4.12. The van der Waals surface area contributed by atoms with Gasteiger partial charge in [-0.25, -0.2) is 9.07 Å². The van der Waals surface area contributed by atoms with Crippen LogP contribution in [0.5, 0.6) is 0 Å². The molecule has 6 heteroatoms. The summed E-state index contributed by atoms with van der Waals surface area (Å²) in [6.45, 7) is 4.22. The fourth-order valence-electron chi connectivity index (χ4n) is 3.03. The number of benzene rings is 2. The van der Waals surface area contributed by atoms with E-state index in [1.165, 1.54) is 6.07 Å². The largest absolute Gasteiger partial charge is 0.355 e. The molecule has 0 aliphatic carbocycles. The smallest absolute Gasteiger partial charge is 0.224 e. The van der Waals surface area contributed by atoms with Crippen molar-refractivity contribution in [3.63, 3.8) is 0 Å². The van der Waals surface area contributed by atoms with Crippen LogP contribution in [0.3, 0.4) is 0 Å². The molecule has 1 amide bonds. The van der Waals surface area contributed by atoms with Gasteiger partial charge in [0.25, 0.3) is 0 Å². The first kappa shape index (κ1) is 19.1.